The molecule has 1 unspecified atom stereocenters. The van der Waals surface area contributed by atoms with Crippen molar-refractivity contribution in [1.82, 2.24) is 4.90 Å². The van der Waals surface area contributed by atoms with Crippen LogP contribution >= 0.6 is 0 Å². The van der Waals surface area contributed by atoms with Crippen LogP contribution in [0.2, 0.25) is 0 Å². The van der Waals surface area contributed by atoms with Gasteiger partial charge < -0.3 is 14.4 Å². The number of rotatable bonds is 9. The van der Waals surface area contributed by atoms with Crippen molar-refractivity contribution < 1.29 is 18.5 Å². The number of ether oxygens (including phenoxy) is 2. The number of nitrogens with zero attached hydrogens (tertiary/aromatic N) is 1. The number of methoxy groups -OCH3 is 2. The molecule has 1 amide bonds. The van der Waals surface area contributed by atoms with Crippen molar-refractivity contribution in [2.75, 3.05) is 26.5 Å². The van der Waals surface area contributed by atoms with E-state index in [1.165, 1.54) is 0 Å². The minimum absolute atomic E-state index is 0.371. The van der Waals surface area contributed by atoms with Crippen LogP contribution in [0.25, 0.3) is 0 Å². The normalized spacial score (nSPS) is 11.6. The maximum Gasteiger partial charge on any atom is 0.210 e. The highest BCUT2D eigenvalue weighted by atomic mass is 32.2. The van der Waals surface area contributed by atoms with Crippen molar-refractivity contribution in [1.29, 1.82) is 0 Å². The summed E-state index contributed by atoms with van der Waals surface area (Å²) in [5.41, 5.74) is 0.842. The highest BCUT2D eigenvalue weighted by molar-refractivity contribution is 7.85. The molecule has 0 radical (unpaired) electrons. The molecule has 128 valence electrons. The molecule has 2 aromatic rings. The molecule has 0 aliphatic heterocycles. The highest BCUT2D eigenvalue weighted by Gasteiger charge is 2.13. The average molecular weight is 347 g/mol. The second kappa shape index (κ2) is 9.08. The SMILES string of the molecule is COc1cccc(CN(C=O)CCS(=O)c2ccccc2)c1OC. The maximum absolute atomic E-state index is 12.3. The molecule has 2 aromatic carbocycles. The molecule has 0 N–H and O–H groups in total. The second-order valence-electron chi connectivity index (χ2n) is 5.09. The standard InChI is InChI=1S/C18H21NO4S/c1-22-17-10-6-7-15(18(17)23-2)13-19(14-20)11-12-24(21)16-8-4-3-5-9-16/h3-10,14H,11-13H2,1-2H3. The van der Waals surface area contributed by atoms with Crippen LogP contribution in [-0.4, -0.2) is 42.0 Å². The molecule has 0 aromatic heterocycles. The first-order valence-corrected chi connectivity index (χ1v) is 8.84. The molecule has 0 aliphatic carbocycles. The van der Waals surface area contributed by atoms with Gasteiger partial charge in [-0.05, 0) is 18.2 Å². The van der Waals surface area contributed by atoms with Gasteiger partial charge in [0.05, 0.1) is 25.0 Å². The molecule has 1 atom stereocenters. The summed E-state index contributed by atoms with van der Waals surface area (Å²) in [4.78, 5) is 13.7. The molecule has 0 aliphatic rings. The Morgan fingerprint density at radius 1 is 1.04 bits per heavy atom. The molecule has 0 saturated heterocycles. The minimum Gasteiger partial charge on any atom is -0.493 e. The summed E-state index contributed by atoms with van der Waals surface area (Å²) >= 11 is 0. The zero-order chi connectivity index (χ0) is 17.4. The Hall–Kier alpha value is -2.34. The summed E-state index contributed by atoms with van der Waals surface area (Å²) in [6.45, 7) is 0.765. The molecule has 0 fully saturated rings. The molecular weight excluding hydrogens is 326 g/mol. The first-order valence-electron chi connectivity index (χ1n) is 7.52. The molecule has 0 heterocycles. The lowest BCUT2D eigenvalue weighted by Gasteiger charge is -2.19. The molecule has 24 heavy (non-hydrogen) atoms. The van der Waals surface area contributed by atoms with Gasteiger partial charge in [0.25, 0.3) is 0 Å². The lowest BCUT2D eigenvalue weighted by Crippen LogP contribution is -2.26. The van der Waals surface area contributed by atoms with Gasteiger partial charge in [-0.2, -0.15) is 0 Å². The van der Waals surface area contributed by atoms with Crippen LogP contribution in [0, 0.1) is 0 Å². The van der Waals surface area contributed by atoms with Gasteiger partial charge in [-0.15, -0.1) is 0 Å². The predicted molar refractivity (Wildman–Crippen MR) is 93.7 cm³/mol. The number of carbonyl (C=O) groups is 1. The fraction of sp³-hybridized carbons (Fsp3) is 0.278. The van der Waals surface area contributed by atoms with Crippen molar-refractivity contribution in [3.8, 4) is 11.5 Å². The number of para-hydroxylation sites is 1. The number of amides is 1. The molecule has 0 spiro atoms. The van der Waals surface area contributed by atoms with Gasteiger partial charge in [0.15, 0.2) is 11.5 Å². The Morgan fingerprint density at radius 3 is 2.42 bits per heavy atom. The topological polar surface area (TPSA) is 55.8 Å². The summed E-state index contributed by atoms with van der Waals surface area (Å²) in [6.07, 6.45) is 0.765. The summed E-state index contributed by atoms with van der Waals surface area (Å²) in [5, 5.41) is 0. The molecule has 0 bridgehead atoms. The van der Waals surface area contributed by atoms with E-state index in [0.29, 0.717) is 30.3 Å². The van der Waals surface area contributed by atoms with Crippen LogP contribution in [0.15, 0.2) is 53.4 Å². The van der Waals surface area contributed by atoms with Crippen LogP contribution < -0.4 is 9.47 Å². The van der Waals surface area contributed by atoms with Gasteiger partial charge in [0.2, 0.25) is 6.41 Å². The smallest absolute Gasteiger partial charge is 0.210 e. The van der Waals surface area contributed by atoms with Gasteiger partial charge in [-0.3, -0.25) is 9.00 Å². The van der Waals surface area contributed by atoms with E-state index in [2.05, 4.69) is 0 Å². The quantitative estimate of drug-likeness (QED) is 0.654. The fourth-order valence-corrected chi connectivity index (χ4v) is 3.45. The van der Waals surface area contributed by atoms with Gasteiger partial charge in [-0.25, -0.2) is 0 Å². The third kappa shape index (κ3) is 4.58. The molecule has 2 rings (SSSR count). The molecular formula is C18H21NO4S. The number of hydrogen-bond acceptors (Lipinski definition) is 4. The lowest BCUT2D eigenvalue weighted by atomic mass is 10.1. The van der Waals surface area contributed by atoms with E-state index >= 15 is 0 Å². The third-order valence-electron chi connectivity index (χ3n) is 3.58. The highest BCUT2D eigenvalue weighted by Crippen LogP contribution is 2.31. The van der Waals surface area contributed by atoms with Crippen LogP contribution in [0.4, 0.5) is 0 Å². The van der Waals surface area contributed by atoms with E-state index in [1.54, 1.807) is 25.2 Å². The first kappa shape index (κ1) is 18.0. The van der Waals surface area contributed by atoms with Crippen LogP contribution in [-0.2, 0) is 22.1 Å². The molecule has 0 saturated carbocycles. The number of carbonyl (C=O) groups excluding carboxylic acids is 1. The Balaban J connectivity index is 2.03. The van der Waals surface area contributed by atoms with E-state index < -0.39 is 10.8 Å². The zero-order valence-corrected chi connectivity index (χ0v) is 14.6. The second-order valence-corrected chi connectivity index (χ2v) is 6.66. The monoisotopic (exact) mass is 347 g/mol. The lowest BCUT2D eigenvalue weighted by molar-refractivity contribution is -0.118. The van der Waals surface area contributed by atoms with Crippen LogP contribution in [0.5, 0.6) is 11.5 Å². The summed E-state index contributed by atoms with van der Waals surface area (Å²) in [6, 6.07) is 14.8. The largest absolute Gasteiger partial charge is 0.493 e. The van der Waals surface area contributed by atoms with Crippen molar-refractivity contribution in [3.63, 3.8) is 0 Å². The number of benzene rings is 2. The third-order valence-corrected chi connectivity index (χ3v) is 4.93. The summed E-state index contributed by atoms with van der Waals surface area (Å²) < 4.78 is 22.9. The Morgan fingerprint density at radius 2 is 1.79 bits per heavy atom. The van der Waals surface area contributed by atoms with E-state index in [-0.39, 0.29) is 0 Å². The molecule has 5 nitrogen and oxygen atoms in total. The van der Waals surface area contributed by atoms with Crippen molar-refractivity contribution in [3.05, 3.63) is 54.1 Å². The summed E-state index contributed by atoms with van der Waals surface area (Å²) in [5.74, 6) is 1.61. The maximum atomic E-state index is 12.3. The predicted octanol–water partition coefficient (Wildman–Crippen LogP) is 2.47. The van der Waals surface area contributed by atoms with Gasteiger partial charge in [0, 0.05) is 29.3 Å². The number of hydrogen-bond donors (Lipinski definition) is 0. The Labute approximate surface area is 144 Å². The zero-order valence-electron chi connectivity index (χ0n) is 13.8. The Bertz CT molecular complexity index is 691. The van der Waals surface area contributed by atoms with Gasteiger partial charge in [0.1, 0.15) is 0 Å². The molecule has 6 heteroatoms. The van der Waals surface area contributed by atoms with Gasteiger partial charge >= 0.3 is 0 Å². The van der Waals surface area contributed by atoms with Crippen molar-refractivity contribution in [2.45, 2.75) is 11.4 Å². The van der Waals surface area contributed by atoms with Gasteiger partial charge in [-0.1, -0.05) is 30.3 Å². The van der Waals surface area contributed by atoms with Crippen molar-refractivity contribution in [2.24, 2.45) is 0 Å². The fourth-order valence-electron chi connectivity index (χ4n) is 2.36. The average Bonchev–Trinajstić information content (AvgIpc) is 2.65. The van der Waals surface area contributed by atoms with E-state index in [0.717, 1.165) is 16.9 Å². The van der Waals surface area contributed by atoms with Crippen LogP contribution in [0.3, 0.4) is 0 Å². The van der Waals surface area contributed by atoms with E-state index in [4.69, 9.17) is 9.47 Å². The Kier molecular flexibility index (Phi) is 6.81. The van der Waals surface area contributed by atoms with Crippen LogP contribution in [0.1, 0.15) is 5.56 Å². The van der Waals surface area contributed by atoms with E-state index in [1.807, 2.05) is 42.5 Å². The first-order chi connectivity index (χ1) is 11.7. The van der Waals surface area contributed by atoms with E-state index in [9.17, 15) is 9.00 Å². The van der Waals surface area contributed by atoms with Crippen molar-refractivity contribution >= 4 is 17.2 Å². The minimum atomic E-state index is -1.13. The summed E-state index contributed by atoms with van der Waals surface area (Å²) in [7, 11) is 2.00.